The van der Waals surface area contributed by atoms with Gasteiger partial charge in [-0.3, -0.25) is 0 Å². The van der Waals surface area contributed by atoms with E-state index in [-0.39, 0.29) is 12.1 Å². The molecule has 1 aromatic carbocycles. The highest BCUT2D eigenvalue weighted by molar-refractivity contribution is 5.87. The number of nitrogens with one attached hydrogen (secondary N) is 1. The summed E-state index contributed by atoms with van der Waals surface area (Å²) in [5.41, 5.74) is 7.71. The van der Waals surface area contributed by atoms with Crippen molar-refractivity contribution in [3.8, 4) is 0 Å². The third-order valence-corrected chi connectivity index (χ3v) is 4.04. The van der Waals surface area contributed by atoms with E-state index in [0.717, 1.165) is 25.8 Å². The maximum atomic E-state index is 12.1. The predicted molar refractivity (Wildman–Crippen MR) is 89.0 cm³/mol. The summed E-state index contributed by atoms with van der Waals surface area (Å²) >= 11 is 0. The molecule has 2 aromatic rings. The Morgan fingerprint density at radius 2 is 2.09 bits per heavy atom. The largest absolute Gasteiger partial charge is 0.458 e. The smallest absolute Gasteiger partial charge is 0.357 e. The van der Waals surface area contributed by atoms with Crippen molar-refractivity contribution in [3.05, 3.63) is 59.9 Å². The van der Waals surface area contributed by atoms with Crippen molar-refractivity contribution >= 4 is 11.7 Å². The summed E-state index contributed by atoms with van der Waals surface area (Å²) in [4.78, 5) is 16.2. The second-order valence-electron chi connectivity index (χ2n) is 5.87. The number of aromatic nitrogens is 1. The molecule has 2 atom stereocenters. The molecule has 3 rings (SSSR count). The summed E-state index contributed by atoms with van der Waals surface area (Å²) in [5.74, 6) is -0.379. The topological polar surface area (TPSA) is 77.2 Å². The number of hydrogen-bond donors (Lipinski definition) is 2. The normalized spacial score (nSPS) is 20.9. The number of anilines is 1. The Morgan fingerprint density at radius 1 is 1.26 bits per heavy atom. The van der Waals surface area contributed by atoms with E-state index in [1.54, 1.807) is 12.1 Å². The SMILES string of the molecule is Nc1ccc(C(=O)OC2CCNC(Cc3ccccc3)C2)nc1. The summed E-state index contributed by atoms with van der Waals surface area (Å²) in [6.45, 7) is 0.852. The standard InChI is InChI=1S/C18H21N3O2/c19-14-6-7-17(21-12-14)18(22)23-16-8-9-20-15(11-16)10-13-4-2-1-3-5-13/h1-7,12,15-16,20H,8-11,19H2. The number of ether oxygens (including phenoxy) is 1. The van der Waals surface area contributed by atoms with E-state index in [2.05, 4.69) is 22.4 Å². The predicted octanol–water partition coefficient (Wildman–Crippen LogP) is 2.18. The Balaban J connectivity index is 1.56. The van der Waals surface area contributed by atoms with Gasteiger partial charge >= 0.3 is 5.97 Å². The number of rotatable bonds is 4. The molecule has 120 valence electrons. The van der Waals surface area contributed by atoms with E-state index < -0.39 is 0 Å². The van der Waals surface area contributed by atoms with Gasteiger partial charge in [0.1, 0.15) is 11.8 Å². The number of carbonyl (C=O) groups excluding carboxylic acids is 1. The van der Waals surface area contributed by atoms with Crippen molar-refractivity contribution < 1.29 is 9.53 Å². The zero-order valence-corrected chi connectivity index (χ0v) is 12.9. The van der Waals surface area contributed by atoms with E-state index in [4.69, 9.17) is 10.5 Å². The lowest BCUT2D eigenvalue weighted by Gasteiger charge is -2.30. The minimum atomic E-state index is -0.379. The molecule has 3 N–H and O–H groups in total. The highest BCUT2D eigenvalue weighted by Gasteiger charge is 2.25. The van der Waals surface area contributed by atoms with Gasteiger partial charge in [0.25, 0.3) is 0 Å². The van der Waals surface area contributed by atoms with Crippen LogP contribution in [0.4, 0.5) is 5.69 Å². The molecule has 1 fully saturated rings. The lowest BCUT2D eigenvalue weighted by Crippen LogP contribution is -2.43. The third-order valence-electron chi connectivity index (χ3n) is 4.04. The molecule has 5 heteroatoms. The van der Waals surface area contributed by atoms with Gasteiger partial charge in [-0.25, -0.2) is 9.78 Å². The fraction of sp³-hybridized carbons (Fsp3) is 0.333. The number of carbonyl (C=O) groups is 1. The summed E-state index contributed by atoms with van der Waals surface area (Å²) in [6.07, 6.45) is 3.98. The molecule has 2 heterocycles. The summed E-state index contributed by atoms with van der Waals surface area (Å²) in [5, 5.41) is 3.49. The van der Waals surface area contributed by atoms with Gasteiger partial charge in [-0.05, 0) is 37.1 Å². The molecule has 1 aliphatic rings. The monoisotopic (exact) mass is 311 g/mol. The number of piperidine rings is 1. The van der Waals surface area contributed by atoms with Crippen molar-refractivity contribution in [2.45, 2.75) is 31.4 Å². The first kappa shape index (κ1) is 15.5. The molecular formula is C18H21N3O2. The van der Waals surface area contributed by atoms with E-state index in [0.29, 0.717) is 17.4 Å². The molecule has 23 heavy (non-hydrogen) atoms. The lowest BCUT2D eigenvalue weighted by molar-refractivity contribution is 0.0178. The average molecular weight is 311 g/mol. The van der Waals surface area contributed by atoms with Crippen LogP contribution in [0.25, 0.3) is 0 Å². The van der Waals surface area contributed by atoms with Crippen LogP contribution in [0.2, 0.25) is 0 Å². The number of hydrogen-bond acceptors (Lipinski definition) is 5. The minimum absolute atomic E-state index is 0.0724. The first-order chi connectivity index (χ1) is 11.2. The van der Waals surface area contributed by atoms with E-state index in [9.17, 15) is 4.79 Å². The quantitative estimate of drug-likeness (QED) is 0.846. The third kappa shape index (κ3) is 4.29. The van der Waals surface area contributed by atoms with Crippen LogP contribution >= 0.6 is 0 Å². The fourth-order valence-corrected chi connectivity index (χ4v) is 2.87. The van der Waals surface area contributed by atoms with Gasteiger partial charge in [0, 0.05) is 12.5 Å². The molecule has 0 aliphatic carbocycles. The summed E-state index contributed by atoms with van der Waals surface area (Å²) in [6, 6.07) is 13.9. The molecule has 0 bridgehead atoms. The van der Waals surface area contributed by atoms with Gasteiger partial charge in [-0.1, -0.05) is 30.3 Å². The zero-order chi connectivity index (χ0) is 16.1. The van der Waals surface area contributed by atoms with Gasteiger partial charge in [-0.2, -0.15) is 0 Å². The zero-order valence-electron chi connectivity index (χ0n) is 12.9. The van der Waals surface area contributed by atoms with E-state index in [1.807, 2.05) is 18.2 Å². The highest BCUT2D eigenvalue weighted by atomic mass is 16.5. The van der Waals surface area contributed by atoms with Crippen LogP contribution in [0.5, 0.6) is 0 Å². The van der Waals surface area contributed by atoms with Gasteiger partial charge < -0.3 is 15.8 Å². The second-order valence-corrected chi connectivity index (χ2v) is 5.87. The highest BCUT2D eigenvalue weighted by Crippen LogP contribution is 2.17. The van der Waals surface area contributed by atoms with Gasteiger partial charge in [-0.15, -0.1) is 0 Å². The van der Waals surface area contributed by atoms with Crippen molar-refractivity contribution in [2.24, 2.45) is 0 Å². The van der Waals surface area contributed by atoms with Gasteiger partial charge in [0.05, 0.1) is 11.9 Å². The Bertz CT molecular complexity index is 643. The van der Waals surface area contributed by atoms with Crippen molar-refractivity contribution in [2.75, 3.05) is 12.3 Å². The molecular weight excluding hydrogens is 290 g/mol. The maximum absolute atomic E-state index is 12.1. The number of nitrogens with zero attached hydrogens (tertiary/aromatic N) is 1. The maximum Gasteiger partial charge on any atom is 0.357 e. The summed E-state index contributed by atoms with van der Waals surface area (Å²) in [7, 11) is 0. The molecule has 1 aliphatic heterocycles. The fourth-order valence-electron chi connectivity index (χ4n) is 2.87. The van der Waals surface area contributed by atoms with Crippen molar-refractivity contribution in [3.63, 3.8) is 0 Å². The van der Waals surface area contributed by atoms with Crippen LogP contribution in [0.3, 0.4) is 0 Å². The molecule has 0 spiro atoms. The molecule has 1 saturated heterocycles. The van der Waals surface area contributed by atoms with E-state index in [1.165, 1.54) is 11.8 Å². The Kier molecular flexibility index (Phi) is 4.88. The average Bonchev–Trinajstić information content (AvgIpc) is 2.57. The lowest BCUT2D eigenvalue weighted by atomic mass is 9.96. The van der Waals surface area contributed by atoms with Crippen LogP contribution in [0.1, 0.15) is 28.9 Å². The van der Waals surface area contributed by atoms with Gasteiger partial charge in [0.2, 0.25) is 0 Å². The second kappa shape index (κ2) is 7.24. The Hall–Kier alpha value is -2.40. The van der Waals surface area contributed by atoms with E-state index >= 15 is 0 Å². The molecule has 0 saturated carbocycles. The van der Waals surface area contributed by atoms with Crippen LogP contribution < -0.4 is 11.1 Å². The number of esters is 1. The Labute approximate surface area is 135 Å². The molecule has 0 amide bonds. The summed E-state index contributed by atoms with van der Waals surface area (Å²) < 4.78 is 5.60. The first-order valence-electron chi connectivity index (χ1n) is 7.90. The molecule has 1 aromatic heterocycles. The number of pyridine rings is 1. The first-order valence-corrected chi connectivity index (χ1v) is 7.90. The molecule has 2 unspecified atom stereocenters. The molecule has 0 radical (unpaired) electrons. The van der Waals surface area contributed by atoms with Gasteiger partial charge in [0.15, 0.2) is 0 Å². The van der Waals surface area contributed by atoms with Crippen LogP contribution in [0, 0.1) is 0 Å². The van der Waals surface area contributed by atoms with Crippen molar-refractivity contribution in [1.29, 1.82) is 0 Å². The number of benzene rings is 1. The van der Waals surface area contributed by atoms with Crippen molar-refractivity contribution in [1.82, 2.24) is 10.3 Å². The van der Waals surface area contributed by atoms with Crippen LogP contribution in [0.15, 0.2) is 48.7 Å². The Morgan fingerprint density at radius 3 is 2.83 bits per heavy atom. The molecule has 5 nitrogen and oxygen atoms in total. The number of nitrogens with two attached hydrogens (primary N) is 1. The van der Waals surface area contributed by atoms with Crippen LogP contribution in [-0.2, 0) is 11.2 Å². The number of nitrogen functional groups attached to an aromatic ring is 1. The minimum Gasteiger partial charge on any atom is -0.458 e. The van der Waals surface area contributed by atoms with Crippen LogP contribution in [-0.4, -0.2) is 29.6 Å².